The van der Waals surface area contributed by atoms with Crippen LogP contribution in [0.15, 0.2) is 14.7 Å². The number of fused-ring (bicyclic) bond motifs is 1. The van der Waals surface area contributed by atoms with Crippen LogP contribution in [0.5, 0.6) is 0 Å². The molecule has 110 valence electrons. The molecule has 0 fully saturated rings. The molecule has 3 rings (SSSR count). The Morgan fingerprint density at radius 3 is 2.57 bits per heavy atom. The van der Waals surface area contributed by atoms with E-state index >= 15 is 0 Å². The maximum atomic E-state index is 12.2. The Kier molecular flexibility index (Phi) is 3.12. The van der Waals surface area contributed by atoms with Crippen molar-refractivity contribution >= 4 is 22.9 Å². The number of tetrazole rings is 1. The van der Waals surface area contributed by atoms with Crippen molar-refractivity contribution in [3.05, 3.63) is 26.7 Å². The molecule has 0 saturated heterocycles. The molecular formula is C10H12N8O2S. The third kappa shape index (κ3) is 2.05. The van der Waals surface area contributed by atoms with E-state index in [1.165, 1.54) is 23.4 Å². The van der Waals surface area contributed by atoms with Crippen LogP contribution < -0.4 is 11.2 Å². The van der Waals surface area contributed by atoms with Crippen molar-refractivity contribution in [1.29, 1.82) is 0 Å². The van der Waals surface area contributed by atoms with E-state index in [9.17, 15) is 9.59 Å². The van der Waals surface area contributed by atoms with Crippen molar-refractivity contribution in [3.63, 3.8) is 0 Å². The molecule has 21 heavy (non-hydrogen) atoms. The molecule has 0 spiro atoms. The minimum atomic E-state index is -0.402. The Morgan fingerprint density at radius 2 is 1.90 bits per heavy atom. The Bertz CT molecular complexity index is 919. The fourth-order valence-corrected chi connectivity index (χ4v) is 2.82. The first kappa shape index (κ1) is 13.5. The van der Waals surface area contributed by atoms with Crippen LogP contribution in [0.4, 0.5) is 0 Å². The van der Waals surface area contributed by atoms with E-state index in [1.54, 1.807) is 18.7 Å². The first-order chi connectivity index (χ1) is 10.0. The first-order valence-electron chi connectivity index (χ1n) is 5.98. The van der Waals surface area contributed by atoms with Gasteiger partial charge in [0.15, 0.2) is 22.1 Å². The van der Waals surface area contributed by atoms with Gasteiger partial charge in [0.1, 0.15) is 0 Å². The van der Waals surface area contributed by atoms with Crippen molar-refractivity contribution in [2.75, 3.05) is 0 Å². The van der Waals surface area contributed by atoms with Crippen molar-refractivity contribution < 1.29 is 0 Å². The van der Waals surface area contributed by atoms with Crippen LogP contribution in [0.1, 0.15) is 5.82 Å². The zero-order valence-corrected chi connectivity index (χ0v) is 12.4. The molecule has 0 bridgehead atoms. The first-order valence-corrected chi connectivity index (χ1v) is 6.97. The number of aromatic amines is 1. The summed E-state index contributed by atoms with van der Waals surface area (Å²) < 4.78 is 4.09. The van der Waals surface area contributed by atoms with E-state index in [0.29, 0.717) is 27.9 Å². The number of rotatable bonds is 3. The van der Waals surface area contributed by atoms with E-state index in [0.717, 1.165) is 4.57 Å². The Balaban J connectivity index is 2.12. The van der Waals surface area contributed by atoms with Crippen molar-refractivity contribution in [2.45, 2.75) is 10.9 Å². The Hall–Kier alpha value is -2.43. The SMILES string of the molecule is Cn1c(=O)c2c(nc(SCc3nn[nH]n3)n2C)n(C)c1=O. The molecular weight excluding hydrogens is 296 g/mol. The molecule has 0 aliphatic heterocycles. The van der Waals surface area contributed by atoms with Crippen molar-refractivity contribution in [3.8, 4) is 0 Å². The molecule has 3 aromatic rings. The summed E-state index contributed by atoms with van der Waals surface area (Å²) in [7, 11) is 4.77. The van der Waals surface area contributed by atoms with E-state index in [-0.39, 0.29) is 5.56 Å². The lowest BCUT2D eigenvalue weighted by Crippen LogP contribution is -2.37. The zero-order chi connectivity index (χ0) is 15.1. The predicted octanol–water partition coefficient (Wildman–Crippen LogP) is -1.22. The molecule has 0 amide bonds. The van der Waals surface area contributed by atoms with Gasteiger partial charge in [0, 0.05) is 21.1 Å². The molecule has 0 aromatic carbocycles. The second-order valence-electron chi connectivity index (χ2n) is 4.45. The number of imidazole rings is 1. The number of hydrogen-bond acceptors (Lipinski definition) is 7. The van der Waals surface area contributed by atoms with Crippen molar-refractivity contribution in [2.24, 2.45) is 21.1 Å². The van der Waals surface area contributed by atoms with E-state index in [2.05, 4.69) is 25.6 Å². The molecule has 3 heterocycles. The Morgan fingerprint density at radius 1 is 1.14 bits per heavy atom. The molecule has 1 N–H and O–H groups in total. The summed E-state index contributed by atoms with van der Waals surface area (Å²) in [5.41, 5.74) is -0.0220. The maximum Gasteiger partial charge on any atom is 0.332 e. The summed E-state index contributed by atoms with van der Waals surface area (Å²) >= 11 is 1.36. The van der Waals surface area contributed by atoms with Gasteiger partial charge in [-0.3, -0.25) is 13.9 Å². The highest BCUT2D eigenvalue weighted by atomic mass is 32.2. The Labute approximate surface area is 121 Å². The highest BCUT2D eigenvalue weighted by molar-refractivity contribution is 7.98. The van der Waals surface area contributed by atoms with Gasteiger partial charge in [-0.05, 0) is 0 Å². The molecule has 0 aliphatic rings. The summed E-state index contributed by atoms with van der Waals surface area (Å²) in [4.78, 5) is 28.5. The number of thioether (sulfide) groups is 1. The van der Waals surface area contributed by atoms with E-state index < -0.39 is 5.69 Å². The van der Waals surface area contributed by atoms with Gasteiger partial charge in [-0.1, -0.05) is 17.0 Å². The minimum Gasteiger partial charge on any atom is -0.316 e. The molecule has 3 aromatic heterocycles. The topological polar surface area (TPSA) is 116 Å². The second kappa shape index (κ2) is 4.84. The molecule has 0 aliphatic carbocycles. The summed E-state index contributed by atoms with van der Waals surface area (Å²) in [5, 5.41) is 14.2. The summed E-state index contributed by atoms with van der Waals surface area (Å²) in [6.45, 7) is 0. The van der Waals surface area contributed by atoms with Gasteiger partial charge in [0.05, 0.1) is 5.75 Å². The lowest BCUT2D eigenvalue weighted by atomic mass is 10.5. The smallest absolute Gasteiger partial charge is 0.316 e. The highest BCUT2D eigenvalue weighted by Crippen LogP contribution is 2.22. The van der Waals surface area contributed by atoms with Crippen LogP contribution in [0.25, 0.3) is 11.2 Å². The van der Waals surface area contributed by atoms with Crippen LogP contribution in [0, 0.1) is 0 Å². The number of aromatic nitrogens is 8. The number of aryl methyl sites for hydroxylation is 2. The lowest BCUT2D eigenvalue weighted by molar-refractivity contribution is 0.705. The van der Waals surface area contributed by atoms with Crippen LogP contribution in [-0.4, -0.2) is 39.3 Å². The van der Waals surface area contributed by atoms with Gasteiger partial charge in [-0.2, -0.15) is 5.21 Å². The maximum absolute atomic E-state index is 12.2. The van der Waals surface area contributed by atoms with Crippen LogP contribution in [-0.2, 0) is 26.9 Å². The van der Waals surface area contributed by atoms with Gasteiger partial charge < -0.3 is 4.57 Å². The van der Waals surface area contributed by atoms with E-state index in [1.807, 2.05) is 0 Å². The number of nitrogens with zero attached hydrogens (tertiary/aromatic N) is 7. The van der Waals surface area contributed by atoms with Gasteiger partial charge in [0.2, 0.25) is 0 Å². The fraction of sp³-hybridized carbons (Fsp3) is 0.400. The van der Waals surface area contributed by atoms with Crippen LogP contribution in [0.2, 0.25) is 0 Å². The number of H-pyrrole nitrogens is 1. The standard InChI is InChI=1S/C10H12N8O2S/c1-16-6-7(17(2)10(20)18(3)8(6)19)11-9(16)21-4-5-12-14-15-13-5/h4H2,1-3H3,(H,12,13,14,15). The predicted molar refractivity (Wildman–Crippen MR) is 74.9 cm³/mol. The normalized spacial score (nSPS) is 11.4. The van der Waals surface area contributed by atoms with Gasteiger partial charge >= 0.3 is 5.69 Å². The highest BCUT2D eigenvalue weighted by Gasteiger charge is 2.17. The quantitative estimate of drug-likeness (QED) is 0.602. The summed E-state index contributed by atoms with van der Waals surface area (Å²) in [6.07, 6.45) is 0. The van der Waals surface area contributed by atoms with Gasteiger partial charge in [-0.15, -0.1) is 10.2 Å². The van der Waals surface area contributed by atoms with Gasteiger partial charge in [-0.25, -0.2) is 9.78 Å². The molecule has 0 atom stereocenters. The van der Waals surface area contributed by atoms with Crippen LogP contribution in [0.3, 0.4) is 0 Å². The third-order valence-corrected chi connectivity index (χ3v) is 4.18. The minimum absolute atomic E-state index is 0.362. The molecule has 0 unspecified atom stereocenters. The molecule has 0 radical (unpaired) electrons. The largest absolute Gasteiger partial charge is 0.332 e. The molecule has 10 nitrogen and oxygen atoms in total. The van der Waals surface area contributed by atoms with E-state index in [4.69, 9.17) is 0 Å². The molecule has 0 saturated carbocycles. The number of hydrogen-bond donors (Lipinski definition) is 1. The molecule has 11 heteroatoms. The average Bonchev–Trinajstić information content (AvgIpc) is 3.09. The number of nitrogens with one attached hydrogen (secondary N) is 1. The second-order valence-corrected chi connectivity index (χ2v) is 5.39. The van der Waals surface area contributed by atoms with Crippen LogP contribution >= 0.6 is 11.8 Å². The lowest BCUT2D eigenvalue weighted by Gasteiger charge is -2.03. The summed E-state index contributed by atoms with van der Waals surface area (Å²) in [5.74, 6) is 0.996. The summed E-state index contributed by atoms with van der Waals surface area (Å²) in [6, 6.07) is 0. The fourth-order valence-electron chi connectivity index (χ4n) is 2.00. The monoisotopic (exact) mass is 308 g/mol. The average molecular weight is 308 g/mol. The van der Waals surface area contributed by atoms with Crippen molar-refractivity contribution in [1.82, 2.24) is 39.3 Å². The third-order valence-electron chi connectivity index (χ3n) is 3.15. The zero-order valence-electron chi connectivity index (χ0n) is 11.6. The van der Waals surface area contributed by atoms with Gasteiger partial charge in [0.25, 0.3) is 5.56 Å².